The number of hydrogen-bond acceptors (Lipinski definition) is 3. The first-order valence-electron chi connectivity index (χ1n) is 5.13. The molecule has 1 amide bonds. The molecule has 5 nitrogen and oxygen atoms in total. The van der Waals surface area contributed by atoms with Crippen LogP contribution in [-0.2, 0) is 9.59 Å². The van der Waals surface area contributed by atoms with Gasteiger partial charge in [-0.1, -0.05) is 0 Å². The van der Waals surface area contributed by atoms with Crippen molar-refractivity contribution in [1.82, 2.24) is 9.80 Å². The quantitative estimate of drug-likeness (QED) is 0.708. The number of amides is 1. The van der Waals surface area contributed by atoms with E-state index in [4.69, 9.17) is 5.11 Å². The maximum Gasteiger partial charge on any atom is 0.303 e. The molecule has 1 unspecified atom stereocenters. The van der Waals surface area contributed by atoms with Crippen LogP contribution in [0.1, 0.15) is 12.8 Å². The molecule has 1 atom stereocenters. The molecular weight excluding hydrogens is 196 g/mol. The van der Waals surface area contributed by atoms with Crippen molar-refractivity contribution in [2.75, 3.05) is 33.7 Å². The third kappa shape index (κ3) is 3.87. The lowest BCUT2D eigenvalue weighted by molar-refractivity contribution is -0.138. The van der Waals surface area contributed by atoms with Crippen LogP contribution in [-0.4, -0.2) is 60.5 Å². The van der Waals surface area contributed by atoms with Crippen LogP contribution in [0, 0.1) is 5.92 Å². The SMILES string of the molecule is CN(C)CC(=O)N1CCC(CC(=O)O)C1. The summed E-state index contributed by atoms with van der Waals surface area (Å²) in [6.07, 6.45) is 0.983. The molecule has 1 heterocycles. The molecule has 1 saturated heterocycles. The standard InChI is InChI=1S/C10H18N2O3/c1-11(2)7-9(13)12-4-3-8(6-12)5-10(14)15/h8H,3-7H2,1-2H3,(H,14,15). The Morgan fingerprint density at radius 1 is 1.47 bits per heavy atom. The van der Waals surface area contributed by atoms with E-state index >= 15 is 0 Å². The van der Waals surface area contributed by atoms with E-state index in [2.05, 4.69) is 0 Å². The van der Waals surface area contributed by atoms with Crippen LogP contribution in [0.4, 0.5) is 0 Å². The second kappa shape index (κ2) is 5.11. The molecule has 0 aliphatic carbocycles. The number of likely N-dealkylation sites (tertiary alicyclic amines) is 1. The molecule has 0 aromatic carbocycles. The van der Waals surface area contributed by atoms with Crippen molar-refractivity contribution in [2.45, 2.75) is 12.8 Å². The molecule has 1 aliphatic rings. The number of carboxylic acids is 1. The second-order valence-electron chi connectivity index (χ2n) is 4.33. The minimum atomic E-state index is -0.776. The second-order valence-corrected chi connectivity index (χ2v) is 4.33. The Balaban J connectivity index is 2.35. The highest BCUT2D eigenvalue weighted by Gasteiger charge is 2.27. The summed E-state index contributed by atoms with van der Waals surface area (Å²) in [5.74, 6) is -0.552. The molecule has 0 saturated carbocycles. The van der Waals surface area contributed by atoms with E-state index in [9.17, 15) is 9.59 Å². The number of rotatable bonds is 4. The van der Waals surface area contributed by atoms with Gasteiger partial charge in [-0.15, -0.1) is 0 Å². The zero-order valence-electron chi connectivity index (χ0n) is 9.27. The van der Waals surface area contributed by atoms with Gasteiger partial charge in [-0.05, 0) is 26.4 Å². The summed E-state index contributed by atoms with van der Waals surface area (Å²) in [7, 11) is 3.70. The van der Waals surface area contributed by atoms with Gasteiger partial charge in [0.15, 0.2) is 0 Å². The highest BCUT2D eigenvalue weighted by atomic mass is 16.4. The third-order valence-corrected chi connectivity index (χ3v) is 2.55. The monoisotopic (exact) mass is 214 g/mol. The van der Waals surface area contributed by atoms with Crippen molar-refractivity contribution in [2.24, 2.45) is 5.92 Å². The Morgan fingerprint density at radius 2 is 2.13 bits per heavy atom. The van der Waals surface area contributed by atoms with Crippen LogP contribution >= 0.6 is 0 Å². The first kappa shape index (κ1) is 12.0. The molecule has 1 fully saturated rings. The van der Waals surface area contributed by atoms with Gasteiger partial charge in [0.25, 0.3) is 0 Å². The first-order valence-corrected chi connectivity index (χ1v) is 5.13. The van der Waals surface area contributed by atoms with Gasteiger partial charge in [-0.3, -0.25) is 9.59 Å². The summed E-state index contributed by atoms with van der Waals surface area (Å²) < 4.78 is 0. The van der Waals surface area contributed by atoms with E-state index in [1.54, 1.807) is 4.90 Å². The Hall–Kier alpha value is -1.10. The van der Waals surface area contributed by atoms with Crippen LogP contribution < -0.4 is 0 Å². The van der Waals surface area contributed by atoms with Crippen LogP contribution in [0.25, 0.3) is 0 Å². The Kier molecular flexibility index (Phi) is 4.08. The van der Waals surface area contributed by atoms with E-state index < -0.39 is 5.97 Å². The molecule has 1 aliphatic heterocycles. The van der Waals surface area contributed by atoms with Gasteiger partial charge in [0.2, 0.25) is 5.91 Å². The van der Waals surface area contributed by atoms with Crippen LogP contribution in [0.5, 0.6) is 0 Å². The largest absolute Gasteiger partial charge is 0.481 e. The summed E-state index contributed by atoms with van der Waals surface area (Å²) >= 11 is 0. The lowest BCUT2D eigenvalue weighted by Crippen LogP contribution is -2.36. The first-order chi connectivity index (χ1) is 6.99. The van der Waals surface area contributed by atoms with Gasteiger partial charge < -0.3 is 14.9 Å². The summed E-state index contributed by atoms with van der Waals surface area (Å²) in [6, 6.07) is 0. The summed E-state index contributed by atoms with van der Waals surface area (Å²) in [5.41, 5.74) is 0. The molecule has 1 rings (SSSR count). The lowest BCUT2D eigenvalue weighted by Gasteiger charge is -2.18. The van der Waals surface area contributed by atoms with Gasteiger partial charge in [0.1, 0.15) is 0 Å². The van der Waals surface area contributed by atoms with Crippen molar-refractivity contribution in [3.8, 4) is 0 Å². The third-order valence-electron chi connectivity index (χ3n) is 2.55. The number of aliphatic carboxylic acids is 1. The molecular formula is C10H18N2O3. The van der Waals surface area contributed by atoms with Crippen LogP contribution in [0.15, 0.2) is 0 Å². The van der Waals surface area contributed by atoms with Crippen LogP contribution in [0.3, 0.4) is 0 Å². The number of carboxylic acid groups (broad SMARTS) is 1. The molecule has 1 N–H and O–H groups in total. The highest BCUT2D eigenvalue weighted by Crippen LogP contribution is 2.19. The molecule has 0 spiro atoms. The van der Waals surface area contributed by atoms with Gasteiger partial charge in [-0.25, -0.2) is 0 Å². The molecule has 0 aromatic heterocycles. The number of hydrogen-bond donors (Lipinski definition) is 1. The van der Waals surface area contributed by atoms with Crippen molar-refractivity contribution >= 4 is 11.9 Å². The van der Waals surface area contributed by atoms with Crippen LogP contribution in [0.2, 0.25) is 0 Å². The fourth-order valence-electron chi connectivity index (χ4n) is 1.84. The average Bonchev–Trinajstić information content (AvgIpc) is 2.50. The predicted molar refractivity (Wildman–Crippen MR) is 55.5 cm³/mol. The Morgan fingerprint density at radius 3 is 2.67 bits per heavy atom. The zero-order chi connectivity index (χ0) is 11.4. The number of likely N-dealkylation sites (N-methyl/N-ethyl adjacent to an activating group) is 1. The normalized spacial score (nSPS) is 21.0. The number of carbonyl (C=O) groups excluding carboxylic acids is 1. The summed E-state index contributed by atoms with van der Waals surface area (Å²) in [5, 5.41) is 8.63. The van der Waals surface area contributed by atoms with Gasteiger partial charge in [-0.2, -0.15) is 0 Å². The summed E-state index contributed by atoms with van der Waals surface area (Å²) in [6.45, 7) is 1.70. The topological polar surface area (TPSA) is 60.9 Å². The maximum atomic E-state index is 11.6. The Bertz CT molecular complexity index is 253. The predicted octanol–water partition coefficient (Wildman–Crippen LogP) is -0.129. The molecule has 5 heteroatoms. The maximum absolute atomic E-state index is 11.6. The zero-order valence-corrected chi connectivity index (χ0v) is 9.27. The van der Waals surface area contributed by atoms with Gasteiger partial charge in [0.05, 0.1) is 6.54 Å². The minimum absolute atomic E-state index is 0.0906. The molecule has 0 bridgehead atoms. The average molecular weight is 214 g/mol. The van der Waals surface area contributed by atoms with Crippen molar-refractivity contribution in [1.29, 1.82) is 0 Å². The molecule has 86 valence electrons. The number of carbonyl (C=O) groups is 2. The fraction of sp³-hybridized carbons (Fsp3) is 0.800. The molecule has 15 heavy (non-hydrogen) atoms. The van der Waals surface area contributed by atoms with E-state index in [1.165, 1.54) is 0 Å². The molecule has 0 aromatic rings. The van der Waals surface area contributed by atoms with E-state index in [0.717, 1.165) is 6.42 Å². The van der Waals surface area contributed by atoms with Crippen molar-refractivity contribution in [3.05, 3.63) is 0 Å². The molecule has 0 radical (unpaired) electrons. The Labute approximate surface area is 89.7 Å². The van der Waals surface area contributed by atoms with Gasteiger partial charge >= 0.3 is 5.97 Å². The van der Waals surface area contributed by atoms with E-state index in [1.807, 2.05) is 19.0 Å². The van der Waals surface area contributed by atoms with Crippen molar-refractivity contribution in [3.63, 3.8) is 0 Å². The smallest absolute Gasteiger partial charge is 0.303 e. The summed E-state index contributed by atoms with van der Waals surface area (Å²) in [4.78, 5) is 25.7. The highest BCUT2D eigenvalue weighted by molar-refractivity contribution is 5.78. The lowest BCUT2D eigenvalue weighted by atomic mass is 10.1. The van der Waals surface area contributed by atoms with E-state index in [0.29, 0.717) is 19.6 Å². The fourth-order valence-corrected chi connectivity index (χ4v) is 1.84. The van der Waals surface area contributed by atoms with Gasteiger partial charge in [0, 0.05) is 19.5 Å². The van der Waals surface area contributed by atoms with Crippen molar-refractivity contribution < 1.29 is 14.7 Å². The van der Waals surface area contributed by atoms with E-state index in [-0.39, 0.29) is 18.2 Å². The minimum Gasteiger partial charge on any atom is -0.481 e. The number of nitrogens with zero attached hydrogens (tertiary/aromatic N) is 2.